The molecule has 0 aliphatic carbocycles. The molecule has 0 fully saturated rings. The zero-order valence-corrected chi connectivity index (χ0v) is 18.3. The van der Waals surface area contributed by atoms with Crippen LogP contribution in [-0.2, 0) is 0 Å². The molecule has 0 saturated heterocycles. The van der Waals surface area contributed by atoms with Crippen molar-refractivity contribution in [3.63, 3.8) is 0 Å². The third kappa shape index (κ3) is 2.93. The number of hydrogen-bond acceptors (Lipinski definition) is 4. The van der Waals surface area contributed by atoms with Crippen molar-refractivity contribution in [3.8, 4) is 22.6 Å². The summed E-state index contributed by atoms with van der Waals surface area (Å²) in [5.41, 5.74) is 7.25. The highest BCUT2D eigenvalue weighted by molar-refractivity contribution is 6.03. The van der Waals surface area contributed by atoms with Crippen LogP contribution >= 0.6 is 0 Å². The Bertz CT molecular complexity index is 1490. The van der Waals surface area contributed by atoms with Gasteiger partial charge < -0.3 is 9.30 Å². The third-order valence-electron chi connectivity index (χ3n) is 6.06. The van der Waals surface area contributed by atoms with Crippen LogP contribution in [0.2, 0.25) is 0 Å². The summed E-state index contributed by atoms with van der Waals surface area (Å²) in [7, 11) is 1.66. The highest BCUT2D eigenvalue weighted by Crippen LogP contribution is 2.35. The van der Waals surface area contributed by atoms with Crippen LogP contribution in [0.25, 0.3) is 33.1 Å². The van der Waals surface area contributed by atoms with E-state index in [9.17, 15) is 10.1 Å². The van der Waals surface area contributed by atoms with E-state index in [-0.39, 0.29) is 10.6 Å². The van der Waals surface area contributed by atoms with Crippen LogP contribution in [0.15, 0.2) is 60.8 Å². The molecule has 0 saturated carbocycles. The number of non-ortho nitro benzene ring substituents is 1. The lowest BCUT2D eigenvalue weighted by atomic mass is 10.1. The number of aryl methyl sites for hydroxylation is 3. The van der Waals surface area contributed by atoms with E-state index in [2.05, 4.69) is 36.6 Å². The van der Waals surface area contributed by atoms with Gasteiger partial charge in [0.2, 0.25) is 0 Å². The van der Waals surface area contributed by atoms with Crippen LogP contribution in [-0.4, -0.2) is 26.2 Å². The molecule has 2 aromatic carbocycles. The SMILES string of the molecule is COc1ccc(-n2c(C)c3c(C)nn4cc(-c5ccc([N+](=O)[O-])cc5)cc4c3c2C)cc1. The summed E-state index contributed by atoms with van der Waals surface area (Å²) >= 11 is 0. The van der Waals surface area contributed by atoms with Gasteiger partial charge in [-0.15, -0.1) is 0 Å². The number of benzene rings is 2. The average molecular weight is 426 g/mol. The van der Waals surface area contributed by atoms with Crippen LogP contribution in [0.1, 0.15) is 17.1 Å². The predicted octanol–water partition coefficient (Wildman–Crippen LogP) is 5.79. The molecular formula is C25H22N4O3. The second-order valence-corrected chi connectivity index (χ2v) is 7.90. The van der Waals surface area contributed by atoms with E-state index < -0.39 is 0 Å². The number of ether oxygens (including phenoxy) is 1. The Labute approximate surface area is 184 Å². The molecule has 3 aromatic heterocycles. The summed E-state index contributed by atoms with van der Waals surface area (Å²) in [4.78, 5) is 10.6. The summed E-state index contributed by atoms with van der Waals surface area (Å²) in [5.74, 6) is 0.820. The normalized spacial score (nSPS) is 11.4. The summed E-state index contributed by atoms with van der Waals surface area (Å²) in [6.45, 7) is 6.26. The van der Waals surface area contributed by atoms with Gasteiger partial charge in [-0.05, 0) is 68.8 Å². The van der Waals surface area contributed by atoms with Crippen LogP contribution < -0.4 is 4.74 Å². The molecule has 0 aliphatic rings. The fraction of sp³-hybridized carbons (Fsp3) is 0.160. The van der Waals surface area contributed by atoms with Gasteiger partial charge >= 0.3 is 0 Å². The maximum Gasteiger partial charge on any atom is 0.269 e. The summed E-state index contributed by atoms with van der Waals surface area (Å²) in [6.07, 6.45) is 1.97. The number of aromatic nitrogens is 3. The lowest BCUT2D eigenvalue weighted by Crippen LogP contribution is -1.98. The molecule has 0 atom stereocenters. The Morgan fingerprint density at radius 3 is 2.19 bits per heavy atom. The fourth-order valence-corrected chi connectivity index (χ4v) is 4.58. The summed E-state index contributed by atoms with van der Waals surface area (Å²) in [5, 5.41) is 18.1. The van der Waals surface area contributed by atoms with E-state index in [4.69, 9.17) is 9.84 Å². The molecule has 3 heterocycles. The Kier molecular flexibility index (Phi) is 4.48. The molecule has 0 radical (unpaired) electrons. The Morgan fingerprint density at radius 2 is 1.56 bits per heavy atom. The molecule has 32 heavy (non-hydrogen) atoms. The average Bonchev–Trinajstić information content (AvgIpc) is 3.32. The first-order valence-corrected chi connectivity index (χ1v) is 10.3. The van der Waals surface area contributed by atoms with Crippen molar-refractivity contribution in [1.29, 1.82) is 0 Å². The van der Waals surface area contributed by atoms with Crippen LogP contribution in [0.4, 0.5) is 5.69 Å². The minimum absolute atomic E-state index is 0.0805. The van der Waals surface area contributed by atoms with Crippen LogP contribution in [0.5, 0.6) is 5.75 Å². The molecule has 0 unspecified atom stereocenters. The number of rotatable bonds is 4. The third-order valence-corrected chi connectivity index (χ3v) is 6.06. The number of methoxy groups -OCH3 is 1. The maximum absolute atomic E-state index is 11.0. The Morgan fingerprint density at radius 1 is 0.906 bits per heavy atom. The first-order chi connectivity index (χ1) is 15.4. The highest BCUT2D eigenvalue weighted by Gasteiger charge is 2.19. The van der Waals surface area contributed by atoms with Gasteiger partial charge in [-0.3, -0.25) is 10.1 Å². The summed E-state index contributed by atoms with van der Waals surface area (Å²) in [6, 6.07) is 16.7. The van der Waals surface area contributed by atoms with Gasteiger partial charge in [0.25, 0.3) is 5.69 Å². The maximum atomic E-state index is 11.0. The predicted molar refractivity (Wildman–Crippen MR) is 125 cm³/mol. The molecular weight excluding hydrogens is 404 g/mol. The van der Waals surface area contributed by atoms with Gasteiger partial charge in [0, 0.05) is 51.7 Å². The molecule has 7 heteroatoms. The van der Waals surface area contributed by atoms with Gasteiger partial charge in [-0.1, -0.05) is 0 Å². The number of fused-ring (bicyclic) bond motifs is 3. The van der Waals surface area contributed by atoms with Crippen molar-refractivity contribution in [2.75, 3.05) is 7.11 Å². The number of nitrogens with zero attached hydrogens (tertiary/aromatic N) is 4. The van der Waals surface area contributed by atoms with Crippen molar-refractivity contribution in [2.24, 2.45) is 0 Å². The second kappa shape index (κ2) is 7.23. The standard InChI is InChI=1S/C25H22N4O3/c1-15-24-16(2)28(20-9-11-22(32-4)12-10-20)17(3)25(24)23-13-19(14-27(23)26-15)18-5-7-21(8-6-18)29(30)31/h5-14H,1-4H3. The van der Waals surface area contributed by atoms with E-state index in [1.165, 1.54) is 12.1 Å². The number of nitro benzene ring substituents is 1. The van der Waals surface area contributed by atoms with Crippen LogP contribution in [0, 0.1) is 30.9 Å². The van der Waals surface area contributed by atoms with Crippen molar-refractivity contribution >= 4 is 22.0 Å². The Balaban J connectivity index is 1.72. The topological polar surface area (TPSA) is 74.6 Å². The quantitative estimate of drug-likeness (QED) is 0.269. The second-order valence-electron chi connectivity index (χ2n) is 7.90. The van der Waals surface area contributed by atoms with E-state index in [1.807, 2.05) is 29.8 Å². The monoisotopic (exact) mass is 426 g/mol. The zero-order valence-electron chi connectivity index (χ0n) is 18.3. The molecule has 0 N–H and O–H groups in total. The fourth-order valence-electron chi connectivity index (χ4n) is 4.58. The van der Waals surface area contributed by atoms with E-state index >= 15 is 0 Å². The molecule has 160 valence electrons. The van der Waals surface area contributed by atoms with Crippen molar-refractivity contribution < 1.29 is 9.66 Å². The van der Waals surface area contributed by atoms with Crippen molar-refractivity contribution in [2.45, 2.75) is 20.8 Å². The Hall–Kier alpha value is -4.13. The molecule has 5 aromatic rings. The van der Waals surface area contributed by atoms with Crippen molar-refractivity contribution in [1.82, 2.24) is 14.2 Å². The van der Waals surface area contributed by atoms with Crippen LogP contribution in [0.3, 0.4) is 0 Å². The smallest absolute Gasteiger partial charge is 0.269 e. The summed E-state index contributed by atoms with van der Waals surface area (Å²) < 4.78 is 9.46. The molecule has 5 rings (SSSR count). The molecule has 7 nitrogen and oxygen atoms in total. The van der Waals surface area contributed by atoms with Gasteiger partial charge in [0.1, 0.15) is 5.75 Å². The van der Waals surface area contributed by atoms with E-state index in [1.54, 1.807) is 19.2 Å². The van der Waals surface area contributed by atoms with E-state index in [0.29, 0.717) is 0 Å². The number of nitro groups is 1. The molecule has 0 bridgehead atoms. The van der Waals surface area contributed by atoms with Gasteiger partial charge in [-0.2, -0.15) is 5.10 Å². The van der Waals surface area contributed by atoms with Gasteiger partial charge in [0.05, 0.1) is 23.2 Å². The van der Waals surface area contributed by atoms with Gasteiger partial charge in [-0.25, -0.2) is 4.52 Å². The molecule has 0 spiro atoms. The minimum atomic E-state index is -0.386. The van der Waals surface area contributed by atoms with Crippen molar-refractivity contribution in [3.05, 3.63) is 88.0 Å². The first-order valence-electron chi connectivity index (χ1n) is 10.3. The zero-order chi connectivity index (χ0) is 22.6. The number of hydrogen-bond donors (Lipinski definition) is 0. The lowest BCUT2D eigenvalue weighted by Gasteiger charge is -2.10. The van der Waals surface area contributed by atoms with Gasteiger partial charge in [0.15, 0.2) is 0 Å². The lowest BCUT2D eigenvalue weighted by molar-refractivity contribution is -0.384. The molecule has 0 amide bonds. The molecule has 0 aliphatic heterocycles. The first kappa shape index (κ1) is 19.8. The minimum Gasteiger partial charge on any atom is -0.497 e. The highest BCUT2D eigenvalue weighted by atomic mass is 16.6. The van der Waals surface area contributed by atoms with E-state index in [0.717, 1.165) is 55.9 Å². The largest absolute Gasteiger partial charge is 0.497 e.